The summed E-state index contributed by atoms with van der Waals surface area (Å²) in [5.74, 6) is 1.74. The molecule has 3 aromatic rings. The molecule has 0 unspecified atom stereocenters. The fourth-order valence-electron chi connectivity index (χ4n) is 2.68. The summed E-state index contributed by atoms with van der Waals surface area (Å²) < 4.78 is 41.8. The molecule has 0 fully saturated rings. The molecule has 0 aliphatic rings. The first-order chi connectivity index (χ1) is 15.8. The average Bonchev–Trinajstić information content (AvgIpc) is 2.89. The molecule has 0 atom stereocenters. The molecule has 0 saturated heterocycles. The predicted octanol–water partition coefficient (Wildman–Crippen LogP) is 4.99. The van der Waals surface area contributed by atoms with Gasteiger partial charge < -0.3 is 9.47 Å². The topological polar surface area (TPSA) is 124 Å². The van der Waals surface area contributed by atoms with E-state index >= 15 is 0 Å². The molecule has 172 valence electrons. The standard InChI is InChI=1S/C20H24N2O2.4CO.W/c1-3-5-13-23-17-9-11-21-19-15(17)7-8-16-18(24-14-6-4-2)10-12-22-20(16)19;4*1-2;/h7-12H,3-6,13-14H2,1-2H3;;;;;. The van der Waals surface area contributed by atoms with Crippen molar-refractivity contribution in [3.8, 4) is 11.5 Å². The van der Waals surface area contributed by atoms with Gasteiger partial charge in [-0.1, -0.05) is 26.7 Å². The molecule has 0 amide bonds. The van der Waals surface area contributed by atoms with Gasteiger partial charge in [0, 0.05) is 44.2 Å². The minimum absolute atomic E-state index is 0. The third-order valence-corrected chi connectivity index (χ3v) is 4.05. The molecule has 0 N–H and O–H groups in total. The maximum Gasteiger partial charge on any atom is 0 e. The van der Waals surface area contributed by atoms with Crippen LogP contribution in [0, 0.1) is 26.6 Å². The molecule has 1 aromatic carbocycles. The minimum atomic E-state index is 0. The molecule has 3 rings (SSSR count). The summed E-state index contributed by atoms with van der Waals surface area (Å²) in [7, 11) is 0. The van der Waals surface area contributed by atoms with Gasteiger partial charge in [-0.05, 0) is 37.1 Å². The first-order valence-electron chi connectivity index (χ1n) is 9.58. The van der Waals surface area contributed by atoms with E-state index in [4.69, 9.17) is 28.1 Å². The van der Waals surface area contributed by atoms with Gasteiger partial charge in [-0.15, -0.1) is 0 Å². The number of pyridine rings is 2. The van der Waals surface area contributed by atoms with Crippen molar-refractivity contribution in [2.45, 2.75) is 39.5 Å². The van der Waals surface area contributed by atoms with Gasteiger partial charge in [0.25, 0.3) is 0 Å². The Morgan fingerprint density at radius 1 is 0.636 bits per heavy atom. The van der Waals surface area contributed by atoms with E-state index in [1.807, 2.05) is 12.1 Å². The normalized spacial score (nSPS) is 8.30. The molecule has 2 heterocycles. The van der Waals surface area contributed by atoms with Crippen molar-refractivity contribution in [2.24, 2.45) is 0 Å². The van der Waals surface area contributed by atoms with Crippen molar-refractivity contribution in [1.29, 1.82) is 0 Å². The van der Waals surface area contributed by atoms with E-state index in [9.17, 15) is 0 Å². The number of hydrogen-bond acceptors (Lipinski definition) is 4. The Hall–Kier alpha value is -2.71. The van der Waals surface area contributed by atoms with Crippen LogP contribution in [-0.4, -0.2) is 23.2 Å². The summed E-state index contributed by atoms with van der Waals surface area (Å²) in [6, 6.07) is 7.96. The van der Waals surface area contributed by atoms with Crippen molar-refractivity contribution in [1.82, 2.24) is 9.97 Å². The largest absolute Gasteiger partial charge is 0 e. The molecular weight excluding hydrogens is 596 g/mol. The number of benzene rings is 1. The van der Waals surface area contributed by atoms with E-state index in [0.717, 1.165) is 72.2 Å². The molecule has 0 aliphatic heterocycles. The summed E-state index contributed by atoms with van der Waals surface area (Å²) in [6.45, 7) is 23.8. The molecule has 0 bridgehead atoms. The van der Waals surface area contributed by atoms with E-state index in [0.29, 0.717) is 0 Å². The molecule has 33 heavy (non-hydrogen) atoms. The van der Waals surface area contributed by atoms with Crippen molar-refractivity contribution < 1.29 is 49.1 Å². The summed E-state index contributed by atoms with van der Waals surface area (Å²) in [6.07, 6.45) is 7.90. The Bertz CT molecular complexity index is 909. The maximum absolute atomic E-state index is 7.50. The first kappa shape index (κ1) is 34.9. The first-order valence-corrected chi connectivity index (χ1v) is 9.58. The van der Waals surface area contributed by atoms with Crippen LogP contribution >= 0.6 is 0 Å². The van der Waals surface area contributed by atoms with Crippen LogP contribution in [0.2, 0.25) is 0 Å². The second kappa shape index (κ2) is 23.9. The zero-order valence-electron chi connectivity index (χ0n) is 18.5. The van der Waals surface area contributed by atoms with Crippen molar-refractivity contribution >= 4 is 21.8 Å². The van der Waals surface area contributed by atoms with Crippen LogP contribution in [-0.2, 0) is 39.7 Å². The van der Waals surface area contributed by atoms with E-state index in [1.54, 1.807) is 12.4 Å². The number of unbranched alkanes of at least 4 members (excludes halogenated alkanes) is 2. The number of hydrogen-bond donors (Lipinski definition) is 0. The van der Waals surface area contributed by atoms with E-state index in [1.165, 1.54) is 0 Å². The van der Waals surface area contributed by atoms with Crippen molar-refractivity contribution in [3.05, 3.63) is 63.3 Å². The van der Waals surface area contributed by atoms with E-state index < -0.39 is 0 Å². The number of rotatable bonds is 8. The SMILES string of the molecule is CCCCOc1ccnc2c1ccc1c(OCCCC)ccnc12.[C-]#[O+].[C-]#[O+].[C-]#[O+].[C-]#[O+].[W]. The number of fused-ring (bicyclic) bond motifs is 3. The van der Waals surface area contributed by atoms with Crippen LogP contribution in [0.5, 0.6) is 11.5 Å². The predicted molar refractivity (Wildman–Crippen MR) is 114 cm³/mol. The Labute approximate surface area is 208 Å². The van der Waals surface area contributed by atoms with Gasteiger partial charge in [0.15, 0.2) is 0 Å². The third-order valence-electron chi connectivity index (χ3n) is 4.05. The second-order valence-corrected chi connectivity index (χ2v) is 5.88. The Balaban J connectivity index is -0.000000905. The van der Waals surface area contributed by atoms with Crippen LogP contribution < -0.4 is 9.47 Å². The fourth-order valence-corrected chi connectivity index (χ4v) is 2.68. The Kier molecular flexibility index (Phi) is 25.3. The van der Waals surface area contributed by atoms with Crippen LogP contribution in [0.4, 0.5) is 0 Å². The molecule has 0 aliphatic carbocycles. The second-order valence-electron chi connectivity index (χ2n) is 5.88. The van der Waals surface area contributed by atoms with Crippen LogP contribution in [0.3, 0.4) is 0 Å². The van der Waals surface area contributed by atoms with Gasteiger partial charge in [0.05, 0.1) is 13.2 Å². The molecular formula is C24H24N2O6W. The number of ether oxygens (including phenoxy) is 2. The average molecular weight is 620 g/mol. The Morgan fingerprint density at radius 2 is 0.970 bits per heavy atom. The zero-order valence-corrected chi connectivity index (χ0v) is 21.4. The summed E-state index contributed by atoms with van der Waals surface area (Å²) in [4.78, 5) is 9.08. The molecule has 0 spiro atoms. The van der Waals surface area contributed by atoms with Crippen molar-refractivity contribution in [2.75, 3.05) is 13.2 Å². The summed E-state index contributed by atoms with van der Waals surface area (Å²) >= 11 is 0. The number of aromatic nitrogens is 2. The van der Waals surface area contributed by atoms with Gasteiger partial charge >= 0.3 is 45.2 Å². The number of nitrogens with zero attached hydrogens (tertiary/aromatic N) is 2. The van der Waals surface area contributed by atoms with E-state index in [2.05, 4.69) is 62.5 Å². The molecule has 0 saturated carbocycles. The quantitative estimate of drug-likeness (QED) is 0.152. The molecule has 9 heteroatoms. The third kappa shape index (κ3) is 11.1. The summed E-state index contributed by atoms with van der Waals surface area (Å²) in [5, 5.41) is 2.00. The summed E-state index contributed by atoms with van der Waals surface area (Å²) in [5.41, 5.74) is 1.73. The molecule has 8 nitrogen and oxygen atoms in total. The van der Waals surface area contributed by atoms with Gasteiger partial charge in [0.2, 0.25) is 0 Å². The molecule has 2 aromatic heterocycles. The van der Waals surface area contributed by atoms with Crippen molar-refractivity contribution in [3.63, 3.8) is 0 Å². The van der Waals surface area contributed by atoms with Crippen LogP contribution in [0.1, 0.15) is 39.5 Å². The smallest absolute Gasteiger partial charge is 0 e. The molecule has 0 radical (unpaired) electrons. The van der Waals surface area contributed by atoms with Gasteiger partial charge in [-0.25, -0.2) is 0 Å². The monoisotopic (exact) mass is 620 g/mol. The maximum atomic E-state index is 7.50. The van der Waals surface area contributed by atoms with Gasteiger partial charge in [0.1, 0.15) is 22.5 Å². The fraction of sp³-hybridized carbons (Fsp3) is 0.333. The van der Waals surface area contributed by atoms with Gasteiger partial charge in [-0.2, -0.15) is 0 Å². The minimum Gasteiger partial charge on any atom is 0 e. The Morgan fingerprint density at radius 3 is 1.27 bits per heavy atom. The zero-order chi connectivity index (χ0) is 24.8. The van der Waals surface area contributed by atoms with Crippen LogP contribution in [0.25, 0.3) is 21.8 Å². The van der Waals surface area contributed by atoms with Crippen LogP contribution in [0.15, 0.2) is 36.7 Å². The van der Waals surface area contributed by atoms with E-state index in [-0.39, 0.29) is 21.1 Å². The van der Waals surface area contributed by atoms with Gasteiger partial charge in [-0.3, -0.25) is 9.97 Å².